The van der Waals surface area contributed by atoms with Crippen molar-refractivity contribution in [3.63, 3.8) is 0 Å². The molecule has 0 aromatic heterocycles. The summed E-state index contributed by atoms with van der Waals surface area (Å²) in [5.41, 5.74) is -1.55. The Labute approximate surface area is 528 Å². The highest BCUT2D eigenvalue weighted by molar-refractivity contribution is 5.78. The smallest absolute Gasteiger partial charge is 0.222 e. The Morgan fingerprint density at radius 2 is 0.878 bits per heavy atom. The number of unbranched alkanes of at least 4 members (excludes halogenated alkanes) is 3. The van der Waals surface area contributed by atoms with Crippen molar-refractivity contribution >= 4 is 35.4 Å². The Morgan fingerprint density at radius 3 is 1.26 bits per heavy atom. The van der Waals surface area contributed by atoms with Gasteiger partial charge in [-0.1, -0.05) is 6.92 Å². The van der Waals surface area contributed by atoms with Crippen molar-refractivity contribution in [2.45, 2.75) is 203 Å². The van der Waals surface area contributed by atoms with Gasteiger partial charge in [0.1, 0.15) is 42.7 Å². The summed E-state index contributed by atoms with van der Waals surface area (Å²) in [4.78, 5) is 75.3. The molecule has 0 aliphatic carbocycles. The summed E-state index contributed by atoms with van der Waals surface area (Å²) in [6.45, 7) is 7.86. The molecule has 1 aliphatic heterocycles. The fraction of sp³-hybridized carbons (Fsp3) is 0.897. The van der Waals surface area contributed by atoms with Crippen LogP contribution in [0, 0.1) is 5.92 Å². The van der Waals surface area contributed by atoms with E-state index in [0.29, 0.717) is 77.4 Å². The lowest BCUT2D eigenvalue weighted by molar-refractivity contribution is -0.301. The molecule has 0 aromatic rings. The molecule has 1 aliphatic rings. The van der Waals surface area contributed by atoms with Crippen LogP contribution in [0.5, 0.6) is 0 Å². The molecule has 6 amide bonds. The number of ether oxygens (including phenoxy) is 8. The summed E-state index contributed by atoms with van der Waals surface area (Å²) in [5, 5.41) is 127. The molecule has 528 valence electrons. The van der Waals surface area contributed by atoms with E-state index in [1.54, 1.807) is 0 Å². The molecule has 32 heteroatoms. The Morgan fingerprint density at radius 1 is 0.478 bits per heavy atom. The van der Waals surface area contributed by atoms with Crippen LogP contribution < -0.4 is 37.2 Å². The number of aliphatic hydroxyl groups is 11. The average molecular weight is 1310 g/mol. The van der Waals surface area contributed by atoms with Crippen LogP contribution in [-0.2, 0) is 66.7 Å². The van der Waals surface area contributed by atoms with Gasteiger partial charge in [0.15, 0.2) is 18.9 Å². The van der Waals surface area contributed by atoms with Gasteiger partial charge in [-0.05, 0) is 78.6 Å². The molecule has 0 radical (unpaired) electrons. The van der Waals surface area contributed by atoms with Crippen molar-refractivity contribution in [1.82, 2.24) is 37.2 Å². The standard InChI is InChI=1S/C58H111N7O25/c1-39(33-66)48(76)50(78)52(80)54(82)87-27-9-6-15-42(70)59-21-12-24-62-45(73)18-30-84-36-58(65-57(2,3)4,37-85-31-19-46(74)63-25-13-22-60-43(71)16-7-10-28-88-55(83-5)40(69)34-67)38-86-32-20-47(75)64-26-14-23-61-44(72)17-8-11-29-89-56-53(81)51(79)49(77)41(35-68)90-56/h39-41,48-56,65-69,76-82H,6-38H2,1-5H3,(H,59,70)(H,60,71)(H,61,72)(H,62,73)(H,63,74)(H,64,75)/t39?,40-,41?,48?,49?,50?,51?,52?,53?,54?,55?,56?,58?/m1/s1. The summed E-state index contributed by atoms with van der Waals surface area (Å²) in [5.74, 6) is -2.22. The van der Waals surface area contributed by atoms with Gasteiger partial charge >= 0.3 is 0 Å². The van der Waals surface area contributed by atoms with Gasteiger partial charge in [0.25, 0.3) is 0 Å². The molecule has 0 aromatic carbocycles. The van der Waals surface area contributed by atoms with E-state index in [1.807, 2.05) is 20.8 Å². The molecule has 1 saturated heterocycles. The van der Waals surface area contributed by atoms with E-state index >= 15 is 0 Å². The average Bonchev–Trinajstić information content (AvgIpc) is 1.02. The van der Waals surface area contributed by atoms with Crippen molar-refractivity contribution in [3.8, 4) is 0 Å². The lowest BCUT2D eigenvalue weighted by Crippen LogP contribution is -2.62. The molecule has 1 rings (SSSR count). The van der Waals surface area contributed by atoms with E-state index in [-0.39, 0.29) is 153 Å². The highest BCUT2D eigenvalue weighted by atomic mass is 16.7. The van der Waals surface area contributed by atoms with Crippen LogP contribution in [0.25, 0.3) is 0 Å². The predicted octanol–water partition coefficient (Wildman–Crippen LogP) is -5.08. The van der Waals surface area contributed by atoms with E-state index < -0.39 is 105 Å². The molecule has 32 nitrogen and oxygen atoms in total. The lowest BCUT2D eigenvalue weighted by atomic mass is 9.97. The van der Waals surface area contributed by atoms with Crippen molar-refractivity contribution in [2.24, 2.45) is 5.92 Å². The zero-order chi connectivity index (χ0) is 67.3. The van der Waals surface area contributed by atoms with Crippen LogP contribution in [0.3, 0.4) is 0 Å². The molecule has 0 saturated carbocycles. The molecule has 18 N–H and O–H groups in total. The van der Waals surface area contributed by atoms with Crippen LogP contribution in [0.1, 0.15) is 124 Å². The number of hydrogen-bond acceptors (Lipinski definition) is 26. The van der Waals surface area contributed by atoms with E-state index in [9.17, 15) is 74.7 Å². The van der Waals surface area contributed by atoms with E-state index in [4.69, 9.17) is 48.1 Å². The normalized spacial score (nSPS) is 19.9. The zero-order valence-electron chi connectivity index (χ0n) is 53.4. The number of carbonyl (C=O) groups is 6. The van der Waals surface area contributed by atoms with Gasteiger partial charge in [-0.3, -0.25) is 28.8 Å². The summed E-state index contributed by atoms with van der Waals surface area (Å²) in [6, 6.07) is 0. The molecule has 12 unspecified atom stereocenters. The largest absolute Gasteiger partial charge is 0.396 e. The van der Waals surface area contributed by atoms with Crippen LogP contribution in [0.15, 0.2) is 0 Å². The number of nitrogens with one attached hydrogen (secondary N) is 7. The minimum absolute atomic E-state index is 0.000117. The molecule has 1 fully saturated rings. The number of rotatable bonds is 55. The van der Waals surface area contributed by atoms with Gasteiger partial charge in [0.2, 0.25) is 35.4 Å². The summed E-state index contributed by atoms with van der Waals surface area (Å²) in [6.07, 6.45) is -11.2. The number of hydrogen-bond donors (Lipinski definition) is 18. The highest BCUT2D eigenvalue weighted by Gasteiger charge is 2.44. The van der Waals surface area contributed by atoms with Gasteiger partial charge in [0.05, 0.1) is 64.5 Å². The van der Waals surface area contributed by atoms with E-state index in [0.717, 1.165) is 0 Å². The number of amides is 6. The van der Waals surface area contributed by atoms with Crippen molar-refractivity contribution in [3.05, 3.63) is 0 Å². The fourth-order valence-electron chi connectivity index (χ4n) is 8.80. The molecule has 90 heavy (non-hydrogen) atoms. The monoisotopic (exact) mass is 1310 g/mol. The third-order valence-corrected chi connectivity index (χ3v) is 13.9. The number of carbonyl (C=O) groups excluding carboxylic acids is 6. The molecular formula is C58H111N7O25. The Bertz CT molecular complexity index is 1930. The summed E-state index contributed by atoms with van der Waals surface area (Å²) >= 11 is 0. The van der Waals surface area contributed by atoms with Crippen molar-refractivity contribution < 1.29 is 123 Å². The molecule has 1 heterocycles. The predicted molar refractivity (Wildman–Crippen MR) is 321 cm³/mol. The summed E-state index contributed by atoms with van der Waals surface area (Å²) in [7, 11) is 1.35. The second kappa shape index (κ2) is 49.6. The number of methoxy groups -OCH3 is 1. The first kappa shape index (κ1) is 84.0. The van der Waals surface area contributed by atoms with Crippen LogP contribution in [-0.4, -0.2) is 296 Å². The first-order chi connectivity index (χ1) is 42.8. The van der Waals surface area contributed by atoms with Crippen LogP contribution in [0.2, 0.25) is 0 Å². The topological polar surface area (TPSA) is 483 Å². The minimum atomic E-state index is -1.81. The maximum absolute atomic E-state index is 12.8. The van der Waals surface area contributed by atoms with Crippen LogP contribution in [0.4, 0.5) is 0 Å². The minimum Gasteiger partial charge on any atom is -0.396 e. The third-order valence-electron chi connectivity index (χ3n) is 13.9. The zero-order valence-corrected chi connectivity index (χ0v) is 53.4. The fourth-order valence-corrected chi connectivity index (χ4v) is 8.80. The Kier molecular flexibility index (Phi) is 46.3. The first-order valence-electron chi connectivity index (χ1n) is 31.3. The molecule has 0 bridgehead atoms. The SMILES string of the molecule is COC(OCCCCC(=O)NCCCNC(=O)CCOCC(COCCC(=O)NCCCNC(=O)CCCCOC(O)C(O)C(O)C(O)C(C)CO)(COCCC(=O)NCCCNC(=O)CCCCOC1OC(CO)C(O)C(O)C1O)NC(C)(C)C)[C@H](O)CO. The molecule has 13 atom stereocenters. The van der Waals surface area contributed by atoms with Gasteiger partial charge in [-0.2, -0.15) is 0 Å². The highest BCUT2D eigenvalue weighted by Crippen LogP contribution is 2.23. The second-order valence-electron chi connectivity index (χ2n) is 23.3. The first-order valence-corrected chi connectivity index (χ1v) is 31.3. The number of aliphatic hydroxyl groups excluding tert-OH is 11. The molecular weight excluding hydrogens is 1190 g/mol. The van der Waals surface area contributed by atoms with E-state index in [2.05, 4.69) is 37.2 Å². The Balaban J connectivity index is 2.63. The Hall–Kier alpha value is -3.98. The lowest BCUT2D eigenvalue weighted by Gasteiger charge is -2.40. The van der Waals surface area contributed by atoms with Gasteiger partial charge in [-0.15, -0.1) is 0 Å². The van der Waals surface area contributed by atoms with E-state index in [1.165, 1.54) is 14.0 Å². The van der Waals surface area contributed by atoms with Gasteiger partial charge < -0.3 is 131 Å². The van der Waals surface area contributed by atoms with Crippen molar-refractivity contribution in [1.29, 1.82) is 0 Å². The second-order valence-corrected chi connectivity index (χ2v) is 23.3. The van der Waals surface area contributed by atoms with Crippen molar-refractivity contribution in [2.75, 3.05) is 126 Å². The maximum Gasteiger partial charge on any atom is 0.222 e. The van der Waals surface area contributed by atoms with Gasteiger partial charge in [0, 0.05) is 123 Å². The summed E-state index contributed by atoms with van der Waals surface area (Å²) < 4.78 is 44.5. The quantitative estimate of drug-likeness (QED) is 0.0200. The molecule has 0 spiro atoms. The van der Waals surface area contributed by atoms with Gasteiger partial charge in [-0.25, -0.2) is 0 Å². The van der Waals surface area contributed by atoms with Crippen LogP contribution >= 0.6 is 0 Å². The third kappa shape index (κ3) is 38.9. The maximum atomic E-state index is 12.8.